The summed E-state index contributed by atoms with van der Waals surface area (Å²) in [5.41, 5.74) is 3.06. The Balaban J connectivity index is 2.11. The number of nitrogens with one attached hydrogen (secondary N) is 1. The lowest BCUT2D eigenvalue weighted by Crippen LogP contribution is -2.30. The maximum Gasteiger partial charge on any atom is 0.269 e. The lowest BCUT2D eigenvalue weighted by molar-refractivity contribution is -0.384. The zero-order valence-corrected chi connectivity index (χ0v) is 14.1. The number of ether oxygens (including phenoxy) is 1. The Morgan fingerprint density at radius 1 is 1.12 bits per heavy atom. The van der Waals surface area contributed by atoms with E-state index in [0.29, 0.717) is 17.0 Å². The molecule has 6 heteroatoms. The van der Waals surface area contributed by atoms with Crippen LogP contribution in [0.4, 0.5) is 11.4 Å². The average molecular weight is 328 g/mol. The van der Waals surface area contributed by atoms with Gasteiger partial charge in [-0.2, -0.15) is 0 Å². The highest BCUT2D eigenvalue weighted by atomic mass is 16.6. The molecule has 0 unspecified atom stereocenters. The summed E-state index contributed by atoms with van der Waals surface area (Å²) in [5, 5.41) is 13.5. The summed E-state index contributed by atoms with van der Waals surface area (Å²) in [6.07, 6.45) is -0.695. The molecular weight excluding hydrogens is 308 g/mol. The average Bonchev–Trinajstić information content (AvgIpc) is 2.52. The number of rotatable bonds is 5. The number of non-ortho nitro benzene ring substituents is 1. The Morgan fingerprint density at radius 3 is 2.29 bits per heavy atom. The van der Waals surface area contributed by atoms with Crippen LogP contribution < -0.4 is 10.1 Å². The van der Waals surface area contributed by atoms with Crippen LogP contribution in [0.15, 0.2) is 36.4 Å². The van der Waals surface area contributed by atoms with E-state index < -0.39 is 11.0 Å². The summed E-state index contributed by atoms with van der Waals surface area (Å²) >= 11 is 0. The molecule has 0 aliphatic carbocycles. The largest absolute Gasteiger partial charge is 0.480 e. The molecule has 1 amide bonds. The summed E-state index contributed by atoms with van der Waals surface area (Å²) in [6, 6.07) is 10.1. The van der Waals surface area contributed by atoms with E-state index in [9.17, 15) is 14.9 Å². The second kappa shape index (κ2) is 7.12. The second-order valence-electron chi connectivity index (χ2n) is 5.73. The number of nitrogens with zero attached hydrogens (tertiary/aromatic N) is 1. The van der Waals surface area contributed by atoms with Gasteiger partial charge in [-0.3, -0.25) is 14.9 Å². The lowest BCUT2D eigenvalue weighted by atomic mass is 10.1. The van der Waals surface area contributed by atoms with Crippen molar-refractivity contribution in [2.24, 2.45) is 0 Å². The summed E-state index contributed by atoms with van der Waals surface area (Å²) in [4.78, 5) is 22.6. The molecule has 0 fully saturated rings. The van der Waals surface area contributed by atoms with Crippen LogP contribution in [0.2, 0.25) is 0 Å². The minimum absolute atomic E-state index is 0.00895. The minimum Gasteiger partial charge on any atom is -0.480 e. The SMILES string of the molecule is Cc1cc([N+](=O)[O-])ccc1NC(=O)[C@@H](C)Oc1c(C)cccc1C. The first-order valence-electron chi connectivity index (χ1n) is 7.58. The Labute approximate surface area is 140 Å². The smallest absolute Gasteiger partial charge is 0.269 e. The molecule has 2 aromatic rings. The van der Waals surface area contributed by atoms with Crippen molar-refractivity contribution in [1.82, 2.24) is 0 Å². The highest BCUT2D eigenvalue weighted by Crippen LogP contribution is 2.25. The fraction of sp³-hybridized carbons (Fsp3) is 0.278. The Hall–Kier alpha value is -2.89. The zero-order valence-electron chi connectivity index (χ0n) is 14.1. The van der Waals surface area contributed by atoms with Crippen LogP contribution in [0.3, 0.4) is 0 Å². The molecule has 126 valence electrons. The van der Waals surface area contributed by atoms with Gasteiger partial charge in [0.25, 0.3) is 11.6 Å². The standard InChI is InChI=1S/C18H20N2O4/c1-11-6-5-7-12(2)17(11)24-14(4)18(21)19-16-9-8-15(20(22)23)10-13(16)3/h5-10,14H,1-4H3,(H,19,21)/t14-/m1/s1. The number of carbonyl (C=O) groups excluding carboxylic acids is 1. The minimum atomic E-state index is -0.695. The van der Waals surface area contributed by atoms with Crippen molar-refractivity contribution in [3.8, 4) is 5.75 Å². The van der Waals surface area contributed by atoms with E-state index in [-0.39, 0.29) is 11.6 Å². The van der Waals surface area contributed by atoms with Crippen molar-refractivity contribution in [2.45, 2.75) is 33.8 Å². The molecular formula is C18H20N2O4. The number of anilines is 1. The van der Waals surface area contributed by atoms with Gasteiger partial charge in [-0.15, -0.1) is 0 Å². The Bertz CT molecular complexity index is 766. The molecule has 24 heavy (non-hydrogen) atoms. The van der Waals surface area contributed by atoms with Gasteiger partial charge in [0.1, 0.15) is 5.75 Å². The maximum atomic E-state index is 12.3. The van der Waals surface area contributed by atoms with Gasteiger partial charge >= 0.3 is 0 Å². The van der Waals surface area contributed by atoms with E-state index >= 15 is 0 Å². The van der Waals surface area contributed by atoms with E-state index in [1.807, 2.05) is 32.0 Å². The molecule has 1 atom stereocenters. The fourth-order valence-corrected chi connectivity index (χ4v) is 2.35. The number of carbonyl (C=O) groups is 1. The van der Waals surface area contributed by atoms with Crippen molar-refractivity contribution >= 4 is 17.3 Å². The molecule has 0 aliphatic heterocycles. The molecule has 0 spiro atoms. The van der Waals surface area contributed by atoms with Crippen molar-refractivity contribution in [3.63, 3.8) is 0 Å². The fourth-order valence-electron chi connectivity index (χ4n) is 2.35. The maximum absolute atomic E-state index is 12.3. The number of aryl methyl sites for hydroxylation is 3. The van der Waals surface area contributed by atoms with E-state index in [2.05, 4.69) is 5.32 Å². The van der Waals surface area contributed by atoms with Crippen LogP contribution in [0, 0.1) is 30.9 Å². The molecule has 0 saturated carbocycles. The quantitative estimate of drug-likeness (QED) is 0.666. The van der Waals surface area contributed by atoms with Gasteiger partial charge in [-0.05, 0) is 50.5 Å². The molecule has 2 aromatic carbocycles. The third-order valence-corrected chi connectivity index (χ3v) is 3.75. The molecule has 2 rings (SSSR count). The second-order valence-corrected chi connectivity index (χ2v) is 5.73. The Kier molecular flexibility index (Phi) is 5.18. The number of hydrogen-bond donors (Lipinski definition) is 1. The normalized spacial score (nSPS) is 11.7. The van der Waals surface area contributed by atoms with Gasteiger partial charge in [-0.25, -0.2) is 0 Å². The van der Waals surface area contributed by atoms with Crippen LogP contribution in [-0.4, -0.2) is 16.9 Å². The number of nitro benzene ring substituents is 1. The summed E-state index contributed by atoms with van der Waals surface area (Å²) in [7, 11) is 0. The number of para-hydroxylation sites is 1. The van der Waals surface area contributed by atoms with E-state index in [1.54, 1.807) is 13.8 Å². The Morgan fingerprint density at radius 2 is 1.75 bits per heavy atom. The molecule has 0 saturated heterocycles. The lowest BCUT2D eigenvalue weighted by Gasteiger charge is -2.18. The third kappa shape index (κ3) is 3.90. The van der Waals surface area contributed by atoms with Crippen molar-refractivity contribution in [3.05, 3.63) is 63.2 Å². The van der Waals surface area contributed by atoms with Gasteiger partial charge in [-0.1, -0.05) is 18.2 Å². The topological polar surface area (TPSA) is 81.5 Å². The highest BCUT2D eigenvalue weighted by Gasteiger charge is 2.18. The zero-order chi connectivity index (χ0) is 17.9. The number of amides is 1. The van der Waals surface area contributed by atoms with Gasteiger partial charge in [0.2, 0.25) is 0 Å². The van der Waals surface area contributed by atoms with E-state index in [4.69, 9.17) is 4.74 Å². The van der Waals surface area contributed by atoms with Gasteiger partial charge < -0.3 is 10.1 Å². The monoisotopic (exact) mass is 328 g/mol. The number of nitro groups is 1. The van der Waals surface area contributed by atoms with E-state index in [1.165, 1.54) is 18.2 Å². The summed E-state index contributed by atoms with van der Waals surface area (Å²) < 4.78 is 5.79. The molecule has 1 N–H and O–H groups in total. The number of benzene rings is 2. The van der Waals surface area contributed by atoms with Crippen LogP contribution >= 0.6 is 0 Å². The number of hydrogen-bond acceptors (Lipinski definition) is 4. The van der Waals surface area contributed by atoms with Crippen molar-refractivity contribution in [1.29, 1.82) is 0 Å². The van der Waals surface area contributed by atoms with Crippen molar-refractivity contribution < 1.29 is 14.5 Å². The molecule has 0 bridgehead atoms. The first-order chi connectivity index (χ1) is 11.3. The van der Waals surface area contributed by atoms with Gasteiger partial charge in [0.05, 0.1) is 4.92 Å². The molecule has 0 aliphatic rings. The molecule has 0 heterocycles. The third-order valence-electron chi connectivity index (χ3n) is 3.75. The van der Waals surface area contributed by atoms with Gasteiger partial charge in [0, 0.05) is 17.8 Å². The molecule has 6 nitrogen and oxygen atoms in total. The van der Waals surface area contributed by atoms with Crippen LogP contribution in [-0.2, 0) is 4.79 Å². The molecule has 0 radical (unpaired) electrons. The van der Waals surface area contributed by atoms with Crippen molar-refractivity contribution in [2.75, 3.05) is 5.32 Å². The predicted octanol–water partition coefficient (Wildman–Crippen LogP) is 3.93. The van der Waals surface area contributed by atoms with E-state index in [0.717, 1.165) is 11.1 Å². The summed E-state index contributed by atoms with van der Waals surface area (Å²) in [6.45, 7) is 7.22. The molecule has 0 aromatic heterocycles. The first-order valence-corrected chi connectivity index (χ1v) is 7.58. The van der Waals surface area contributed by atoms with Crippen LogP contribution in [0.5, 0.6) is 5.75 Å². The van der Waals surface area contributed by atoms with Gasteiger partial charge in [0.15, 0.2) is 6.10 Å². The first kappa shape index (κ1) is 17.5. The predicted molar refractivity (Wildman–Crippen MR) is 92.5 cm³/mol. The summed E-state index contributed by atoms with van der Waals surface area (Å²) in [5.74, 6) is 0.384. The van der Waals surface area contributed by atoms with Crippen LogP contribution in [0.1, 0.15) is 23.6 Å². The highest BCUT2D eigenvalue weighted by molar-refractivity contribution is 5.94. The van der Waals surface area contributed by atoms with Crippen LogP contribution in [0.25, 0.3) is 0 Å².